The number of morpholine rings is 1. The molecule has 0 N–H and O–H groups in total. The molecule has 3 aliphatic rings. The highest BCUT2D eigenvalue weighted by atomic mass is 16.5. The van der Waals surface area contributed by atoms with Crippen molar-refractivity contribution in [2.45, 2.75) is 50.5 Å². The minimum absolute atomic E-state index is 0.133. The van der Waals surface area contributed by atoms with Crippen LogP contribution in [0.1, 0.15) is 37.4 Å². The maximum absolute atomic E-state index is 12.7. The van der Waals surface area contributed by atoms with Gasteiger partial charge >= 0.3 is 0 Å². The van der Waals surface area contributed by atoms with Crippen LogP contribution in [-0.4, -0.2) is 84.1 Å². The molecule has 4 heterocycles. The Morgan fingerprint density at radius 3 is 2.89 bits per heavy atom. The maximum Gasteiger partial charge on any atom is 0.251 e. The third-order valence-electron chi connectivity index (χ3n) is 5.68. The lowest BCUT2D eigenvalue weighted by atomic mass is 9.89. The molecule has 0 bridgehead atoms. The van der Waals surface area contributed by atoms with Gasteiger partial charge in [0.05, 0.1) is 18.8 Å². The van der Waals surface area contributed by atoms with E-state index >= 15 is 0 Å². The van der Waals surface area contributed by atoms with E-state index in [4.69, 9.17) is 18.7 Å². The lowest BCUT2D eigenvalue weighted by Crippen LogP contribution is -2.59. The van der Waals surface area contributed by atoms with Crippen molar-refractivity contribution >= 4 is 5.91 Å². The Hall–Kier alpha value is -1.55. The summed E-state index contributed by atoms with van der Waals surface area (Å²) in [6, 6.07) is 0. The van der Waals surface area contributed by atoms with Crippen LogP contribution < -0.4 is 0 Å². The van der Waals surface area contributed by atoms with Crippen LogP contribution in [0.5, 0.6) is 0 Å². The molecule has 1 atom stereocenters. The molecule has 27 heavy (non-hydrogen) atoms. The number of likely N-dealkylation sites (tertiary alicyclic amines) is 1. The number of carbonyl (C=O) groups is 1. The summed E-state index contributed by atoms with van der Waals surface area (Å²) in [6.07, 6.45) is 3.34. The quantitative estimate of drug-likeness (QED) is 0.733. The summed E-state index contributed by atoms with van der Waals surface area (Å²) in [4.78, 5) is 21.3. The van der Waals surface area contributed by atoms with Gasteiger partial charge in [0.25, 0.3) is 5.91 Å². The van der Waals surface area contributed by atoms with Crippen LogP contribution in [0, 0.1) is 0 Å². The molecular weight excluding hydrogens is 352 g/mol. The van der Waals surface area contributed by atoms with E-state index in [2.05, 4.69) is 15.0 Å². The largest absolute Gasteiger partial charge is 0.377 e. The van der Waals surface area contributed by atoms with E-state index in [1.165, 1.54) is 0 Å². The summed E-state index contributed by atoms with van der Waals surface area (Å²) in [6.45, 7) is 5.37. The lowest BCUT2D eigenvalue weighted by Gasteiger charge is -2.47. The van der Waals surface area contributed by atoms with E-state index in [1.807, 2.05) is 4.90 Å². The van der Waals surface area contributed by atoms with Gasteiger partial charge in [0.2, 0.25) is 5.89 Å². The van der Waals surface area contributed by atoms with Crippen molar-refractivity contribution in [3.05, 3.63) is 11.7 Å². The average molecular weight is 380 g/mol. The molecule has 3 fully saturated rings. The van der Waals surface area contributed by atoms with Gasteiger partial charge in [0.1, 0.15) is 12.7 Å². The Morgan fingerprint density at radius 2 is 2.15 bits per heavy atom. The highest BCUT2D eigenvalue weighted by Crippen LogP contribution is 2.31. The summed E-state index contributed by atoms with van der Waals surface area (Å²) >= 11 is 0. The number of hydrogen-bond donors (Lipinski definition) is 0. The Morgan fingerprint density at radius 1 is 1.30 bits per heavy atom. The van der Waals surface area contributed by atoms with Gasteiger partial charge < -0.3 is 23.6 Å². The second-order valence-corrected chi connectivity index (χ2v) is 7.61. The van der Waals surface area contributed by atoms with Gasteiger partial charge in [-0.15, -0.1) is 0 Å². The van der Waals surface area contributed by atoms with Crippen LogP contribution in [0.25, 0.3) is 0 Å². The molecular formula is C18H28N4O5. The molecule has 150 valence electrons. The first-order chi connectivity index (χ1) is 13.2. The zero-order valence-corrected chi connectivity index (χ0v) is 15.9. The van der Waals surface area contributed by atoms with Crippen molar-refractivity contribution in [2.24, 2.45) is 0 Å². The topological polar surface area (TPSA) is 90.2 Å². The molecule has 1 aromatic heterocycles. The zero-order valence-electron chi connectivity index (χ0n) is 15.9. The van der Waals surface area contributed by atoms with Gasteiger partial charge in [0, 0.05) is 39.9 Å². The number of amides is 1. The molecule has 0 aromatic carbocycles. The molecule has 0 radical (unpaired) electrons. The smallest absolute Gasteiger partial charge is 0.251 e. The molecule has 0 saturated carbocycles. The Balaban J connectivity index is 1.29. The van der Waals surface area contributed by atoms with Gasteiger partial charge in [-0.1, -0.05) is 5.16 Å². The number of ether oxygens (including phenoxy) is 3. The molecule has 1 amide bonds. The zero-order chi connectivity index (χ0) is 18.7. The summed E-state index contributed by atoms with van der Waals surface area (Å²) in [5, 5.41) is 3.90. The second kappa shape index (κ2) is 8.22. The second-order valence-electron chi connectivity index (χ2n) is 7.61. The fraction of sp³-hybridized carbons (Fsp3) is 0.833. The van der Waals surface area contributed by atoms with E-state index in [0.717, 1.165) is 38.8 Å². The molecule has 0 aliphatic carbocycles. The molecule has 1 aromatic rings. The highest BCUT2D eigenvalue weighted by Gasteiger charge is 2.42. The SMILES string of the molecule is COCc1noc(CN2CCC3(CC2)CN(C(=O)C2CCCO2)CCO3)n1. The summed E-state index contributed by atoms with van der Waals surface area (Å²) in [5.74, 6) is 1.31. The number of aromatic nitrogens is 2. The molecule has 3 aliphatic heterocycles. The van der Waals surface area contributed by atoms with Crippen molar-refractivity contribution in [3.63, 3.8) is 0 Å². The minimum atomic E-state index is -0.251. The van der Waals surface area contributed by atoms with Crippen LogP contribution in [0.3, 0.4) is 0 Å². The third-order valence-corrected chi connectivity index (χ3v) is 5.68. The Bertz CT molecular complexity index is 637. The van der Waals surface area contributed by atoms with Gasteiger partial charge in [-0.25, -0.2) is 0 Å². The average Bonchev–Trinajstić information content (AvgIpc) is 3.36. The van der Waals surface area contributed by atoms with Crippen LogP contribution >= 0.6 is 0 Å². The standard InChI is InChI=1S/C18H28N4O5/c1-24-12-15-19-16(27-20-15)11-21-6-4-18(5-7-21)13-22(8-10-26-18)17(23)14-3-2-9-25-14/h14H,2-13H2,1H3. The van der Waals surface area contributed by atoms with Gasteiger partial charge in [0.15, 0.2) is 5.82 Å². The molecule has 3 saturated heterocycles. The predicted octanol–water partition coefficient (Wildman–Crippen LogP) is 0.588. The van der Waals surface area contributed by atoms with Crippen LogP contribution in [0.4, 0.5) is 0 Å². The van der Waals surface area contributed by atoms with E-state index in [9.17, 15) is 4.79 Å². The lowest BCUT2D eigenvalue weighted by molar-refractivity contribution is -0.166. The minimum Gasteiger partial charge on any atom is -0.377 e. The predicted molar refractivity (Wildman–Crippen MR) is 93.8 cm³/mol. The first-order valence-corrected chi connectivity index (χ1v) is 9.75. The molecule has 9 nitrogen and oxygen atoms in total. The molecule has 1 unspecified atom stereocenters. The fourth-order valence-electron chi connectivity index (χ4n) is 4.16. The number of hydrogen-bond acceptors (Lipinski definition) is 8. The molecule has 1 spiro atoms. The van der Waals surface area contributed by atoms with Crippen molar-refractivity contribution < 1.29 is 23.5 Å². The van der Waals surface area contributed by atoms with Gasteiger partial charge in [-0.3, -0.25) is 9.69 Å². The normalized spacial score (nSPS) is 26.0. The number of nitrogens with zero attached hydrogens (tertiary/aromatic N) is 4. The van der Waals surface area contributed by atoms with E-state index in [1.54, 1.807) is 7.11 Å². The van der Waals surface area contributed by atoms with E-state index < -0.39 is 0 Å². The van der Waals surface area contributed by atoms with Crippen LogP contribution in [0.15, 0.2) is 4.52 Å². The number of methoxy groups -OCH3 is 1. The first kappa shape index (κ1) is 18.8. The number of piperidine rings is 1. The monoisotopic (exact) mass is 380 g/mol. The fourth-order valence-corrected chi connectivity index (χ4v) is 4.16. The van der Waals surface area contributed by atoms with Crippen molar-refractivity contribution in [2.75, 3.05) is 46.5 Å². The van der Waals surface area contributed by atoms with Crippen molar-refractivity contribution in [3.8, 4) is 0 Å². The summed E-state index contributed by atoms with van der Waals surface area (Å²) in [7, 11) is 1.61. The number of rotatable bonds is 5. The highest BCUT2D eigenvalue weighted by molar-refractivity contribution is 5.81. The Kier molecular flexibility index (Phi) is 5.72. The molecule has 9 heteroatoms. The van der Waals surface area contributed by atoms with Crippen LogP contribution in [0.2, 0.25) is 0 Å². The van der Waals surface area contributed by atoms with Crippen molar-refractivity contribution in [1.82, 2.24) is 19.9 Å². The van der Waals surface area contributed by atoms with E-state index in [-0.39, 0.29) is 17.6 Å². The van der Waals surface area contributed by atoms with E-state index in [0.29, 0.717) is 51.2 Å². The Labute approximate surface area is 158 Å². The maximum atomic E-state index is 12.7. The summed E-state index contributed by atoms with van der Waals surface area (Å²) < 4.78 is 22.0. The van der Waals surface area contributed by atoms with Crippen LogP contribution in [-0.2, 0) is 32.2 Å². The number of carbonyl (C=O) groups excluding carboxylic acids is 1. The molecule has 4 rings (SSSR count). The van der Waals surface area contributed by atoms with Crippen molar-refractivity contribution in [1.29, 1.82) is 0 Å². The third kappa shape index (κ3) is 4.31. The summed E-state index contributed by atoms with van der Waals surface area (Å²) in [5.41, 5.74) is -0.237. The first-order valence-electron chi connectivity index (χ1n) is 9.75. The van der Waals surface area contributed by atoms with Gasteiger partial charge in [-0.05, 0) is 25.7 Å². The van der Waals surface area contributed by atoms with Gasteiger partial charge in [-0.2, -0.15) is 4.98 Å².